The zero-order chi connectivity index (χ0) is 16.4. The van der Waals surface area contributed by atoms with Crippen LogP contribution in [0.3, 0.4) is 0 Å². The molecule has 0 saturated heterocycles. The van der Waals surface area contributed by atoms with E-state index in [9.17, 15) is 9.59 Å². The molecule has 22 heavy (non-hydrogen) atoms. The molecule has 5 heteroatoms. The number of benzene rings is 1. The van der Waals surface area contributed by atoms with E-state index in [0.29, 0.717) is 43.9 Å². The van der Waals surface area contributed by atoms with Crippen LogP contribution in [0.2, 0.25) is 0 Å². The molecular weight excluding hydrogens is 282 g/mol. The Balaban J connectivity index is 2.11. The molecule has 122 valence electrons. The number of nitrogens with one attached hydrogen (secondary N) is 1. The van der Waals surface area contributed by atoms with Crippen molar-refractivity contribution in [3.8, 4) is 5.75 Å². The fourth-order valence-electron chi connectivity index (χ4n) is 1.78. The van der Waals surface area contributed by atoms with Gasteiger partial charge < -0.3 is 14.8 Å². The van der Waals surface area contributed by atoms with Crippen molar-refractivity contribution >= 4 is 11.7 Å². The van der Waals surface area contributed by atoms with Gasteiger partial charge in [0.15, 0.2) is 5.78 Å². The first-order valence-electron chi connectivity index (χ1n) is 7.61. The van der Waals surface area contributed by atoms with Crippen LogP contribution in [-0.2, 0) is 9.53 Å². The molecule has 0 aliphatic carbocycles. The molecule has 0 spiro atoms. The second-order valence-corrected chi connectivity index (χ2v) is 5.30. The zero-order valence-corrected chi connectivity index (χ0v) is 13.6. The third kappa shape index (κ3) is 7.78. The number of hydrogen-bond acceptors (Lipinski definition) is 4. The highest BCUT2D eigenvalue weighted by Crippen LogP contribution is 2.12. The van der Waals surface area contributed by atoms with Crippen molar-refractivity contribution in [1.29, 1.82) is 0 Å². The van der Waals surface area contributed by atoms with E-state index in [-0.39, 0.29) is 17.8 Å². The second kappa shape index (κ2) is 9.95. The number of carbonyl (C=O) groups is 2. The van der Waals surface area contributed by atoms with E-state index in [1.807, 2.05) is 13.8 Å². The minimum Gasteiger partial charge on any atom is -0.494 e. The topological polar surface area (TPSA) is 64.6 Å². The Bertz CT molecular complexity index is 468. The molecule has 0 heterocycles. The molecule has 0 aliphatic heterocycles. The van der Waals surface area contributed by atoms with E-state index in [4.69, 9.17) is 9.47 Å². The number of carbonyl (C=O) groups excluding carboxylic acids is 2. The number of hydrogen-bond donors (Lipinski definition) is 1. The van der Waals surface area contributed by atoms with Gasteiger partial charge in [0.25, 0.3) is 0 Å². The Hall–Kier alpha value is -1.88. The van der Waals surface area contributed by atoms with E-state index in [0.717, 1.165) is 0 Å². The number of Topliss-reactive ketones (excluding diaryl/α,β-unsaturated/α-hetero) is 1. The highest BCUT2D eigenvalue weighted by molar-refractivity contribution is 5.94. The lowest BCUT2D eigenvalue weighted by Crippen LogP contribution is -2.28. The van der Waals surface area contributed by atoms with Crippen molar-refractivity contribution in [3.05, 3.63) is 29.8 Å². The molecule has 0 aromatic heterocycles. The summed E-state index contributed by atoms with van der Waals surface area (Å²) in [5.41, 5.74) is 0.662. The second-order valence-electron chi connectivity index (χ2n) is 5.30. The maximum atomic E-state index is 11.6. The fourth-order valence-corrected chi connectivity index (χ4v) is 1.78. The average molecular weight is 307 g/mol. The van der Waals surface area contributed by atoms with Crippen LogP contribution in [0.5, 0.6) is 5.75 Å². The maximum absolute atomic E-state index is 11.6. The van der Waals surface area contributed by atoms with Crippen molar-refractivity contribution in [3.63, 3.8) is 0 Å². The standard InChI is InChI=1S/C17H25NO4/c1-13(2)21-12-10-18-17(20)5-4-11-22-16-8-6-15(7-9-16)14(3)19/h6-9,13H,4-5,10-12H2,1-3H3,(H,18,20). The number of rotatable bonds is 10. The van der Waals surface area contributed by atoms with Crippen LogP contribution in [0.1, 0.15) is 44.0 Å². The molecule has 1 aromatic carbocycles. The van der Waals surface area contributed by atoms with Gasteiger partial charge in [-0.2, -0.15) is 0 Å². The van der Waals surface area contributed by atoms with Gasteiger partial charge in [0, 0.05) is 18.5 Å². The van der Waals surface area contributed by atoms with Crippen molar-refractivity contribution in [2.75, 3.05) is 19.8 Å². The van der Waals surface area contributed by atoms with Crippen LogP contribution in [0.15, 0.2) is 24.3 Å². The number of ketones is 1. The van der Waals surface area contributed by atoms with Crippen molar-refractivity contribution in [2.24, 2.45) is 0 Å². The summed E-state index contributed by atoms with van der Waals surface area (Å²) in [5.74, 6) is 0.739. The highest BCUT2D eigenvalue weighted by Gasteiger charge is 2.03. The van der Waals surface area contributed by atoms with Crippen LogP contribution >= 0.6 is 0 Å². The quantitative estimate of drug-likeness (QED) is 0.533. The fraction of sp³-hybridized carbons (Fsp3) is 0.529. The van der Waals surface area contributed by atoms with E-state index >= 15 is 0 Å². The van der Waals surface area contributed by atoms with Gasteiger partial charge in [0.1, 0.15) is 5.75 Å². The molecule has 1 rings (SSSR count). The molecule has 0 saturated carbocycles. The summed E-state index contributed by atoms with van der Waals surface area (Å²) in [7, 11) is 0. The Kier molecular flexibility index (Phi) is 8.22. The monoisotopic (exact) mass is 307 g/mol. The van der Waals surface area contributed by atoms with Crippen LogP contribution in [0.25, 0.3) is 0 Å². The maximum Gasteiger partial charge on any atom is 0.220 e. The number of ether oxygens (including phenoxy) is 2. The van der Waals surface area contributed by atoms with Crippen molar-refractivity contribution in [2.45, 2.75) is 39.7 Å². The number of amides is 1. The van der Waals surface area contributed by atoms with E-state index in [1.165, 1.54) is 6.92 Å². The minimum absolute atomic E-state index is 0.00267. The molecule has 0 bridgehead atoms. The van der Waals surface area contributed by atoms with Gasteiger partial charge in [0.05, 0.1) is 19.3 Å². The lowest BCUT2D eigenvalue weighted by atomic mass is 10.1. The lowest BCUT2D eigenvalue weighted by molar-refractivity contribution is -0.121. The summed E-state index contributed by atoms with van der Waals surface area (Å²) < 4.78 is 10.9. The van der Waals surface area contributed by atoms with Crippen LogP contribution in [-0.4, -0.2) is 37.6 Å². The Morgan fingerprint density at radius 1 is 1.14 bits per heavy atom. The van der Waals surface area contributed by atoms with Crippen LogP contribution < -0.4 is 10.1 Å². The van der Waals surface area contributed by atoms with Gasteiger partial charge in [-0.3, -0.25) is 9.59 Å². The molecule has 0 fully saturated rings. The van der Waals surface area contributed by atoms with Crippen LogP contribution in [0.4, 0.5) is 0 Å². The molecule has 0 atom stereocenters. The predicted octanol–water partition coefficient (Wildman–Crippen LogP) is 2.59. The summed E-state index contributed by atoms with van der Waals surface area (Å²) in [6.07, 6.45) is 1.25. The van der Waals surface area contributed by atoms with Crippen molar-refractivity contribution < 1.29 is 19.1 Å². The van der Waals surface area contributed by atoms with Gasteiger partial charge in [-0.1, -0.05) is 0 Å². The van der Waals surface area contributed by atoms with Gasteiger partial charge in [-0.15, -0.1) is 0 Å². The first-order valence-corrected chi connectivity index (χ1v) is 7.61. The Morgan fingerprint density at radius 2 is 1.82 bits per heavy atom. The molecule has 0 unspecified atom stereocenters. The van der Waals surface area contributed by atoms with Crippen molar-refractivity contribution in [1.82, 2.24) is 5.32 Å². The molecule has 5 nitrogen and oxygen atoms in total. The average Bonchev–Trinajstić information content (AvgIpc) is 2.48. The normalized spacial score (nSPS) is 10.5. The first kappa shape index (κ1) is 18.2. The summed E-state index contributed by atoms with van der Waals surface area (Å²) in [6.45, 7) is 6.98. The molecule has 1 N–H and O–H groups in total. The summed E-state index contributed by atoms with van der Waals surface area (Å²) in [4.78, 5) is 22.7. The van der Waals surface area contributed by atoms with E-state index < -0.39 is 0 Å². The largest absolute Gasteiger partial charge is 0.494 e. The Morgan fingerprint density at radius 3 is 2.41 bits per heavy atom. The molecule has 0 radical (unpaired) electrons. The Labute approximate surface area is 132 Å². The third-order valence-electron chi connectivity index (χ3n) is 2.95. The minimum atomic E-state index is 0.00267. The molecule has 0 aliphatic rings. The molecule has 1 amide bonds. The van der Waals surface area contributed by atoms with Gasteiger partial charge in [-0.25, -0.2) is 0 Å². The third-order valence-corrected chi connectivity index (χ3v) is 2.95. The summed E-state index contributed by atoms with van der Waals surface area (Å²) in [6, 6.07) is 7.00. The smallest absolute Gasteiger partial charge is 0.220 e. The van der Waals surface area contributed by atoms with E-state index in [2.05, 4.69) is 5.32 Å². The highest BCUT2D eigenvalue weighted by atomic mass is 16.5. The molecular formula is C17H25NO4. The van der Waals surface area contributed by atoms with E-state index in [1.54, 1.807) is 24.3 Å². The van der Waals surface area contributed by atoms with Crippen LogP contribution in [0, 0.1) is 0 Å². The predicted molar refractivity (Wildman–Crippen MR) is 85.3 cm³/mol. The van der Waals surface area contributed by atoms with Gasteiger partial charge in [0.2, 0.25) is 5.91 Å². The SMILES string of the molecule is CC(=O)c1ccc(OCCCC(=O)NCCOC(C)C)cc1. The first-order chi connectivity index (χ1) is 10.5. The van der Waals surface area contributed by atoms with Gasteiger partial charge in [-0.05, 0) is 51.5 Å². The van der Waals surface area contributed by atoms with Gasteiger partial charge >= 0.3 is 0 Å². The lowest BCUT2D eigenvalue weighted by Gasteiger charge is -2.09. The molecule has 1 aromatic rings. The summed E-state index contributed by atoms with van der Waals surface area (Å²) in [5, 5.41) is 2.80. The zero-order valence-electron chi connectivity index (χ0n) is 13.6. The summed E-state index contributed by atoms with van der Waals surface area (Å²) >= 11 is 0.